The topological polar surface area (TPSA) is 94.8 Å². The number of aryl methyl sites for hydroxylation is 1. The van der Waals surface area contributed by atoms with Crippen LogP contribution in [-0.2, 0) is 37.1 Å². The molecule has 1 amide bonds. The van der Waals surface area contributed by atoms with Gasteiger partial charge in [-0.25, -0.2) is 8.42 Å². The Balaban J connectivity index is 2.07. The average molecular weight is 433 g/mol. The molecule has 0 bridgehead atoms. The molecule has 0 unspecified atom stereocenters. The standard InChI is InChI=1S/C20H20N2O5S2/c1-13-4-6-14(7-5-13)10-18(23)21-20-22(12-19(24)27-2)16-9-8-15(29(3,25)26)11-17(16)28-20/h4-9,11H,10,12H2,1-3H3. The van der Waals surface area contributed by atoms with Gasteiger partial charge in [-0.3, -0.25) is 9.59 Å². The van der Waals surface area contributed by atoms with Crippen LogP contribution >= 0.6 is 11.3 Å². The molecule has 2 aromatic carbocycles. The predicted molar refractivity (Wildman–Crippen MR) is 110 cm³/mol. The number of carbonyl (C=O) groups is 2. The molecule has 9 heteroatoms. The molecule has 1 heterocycles. The van der Waals surface area contributed by atoms with Crippen LogP contribution < -0.4 is 4.80 Å². The normalized spacial score (nSPS) is 12.3. The van der Waals surface area contributed by atoms with Crippen LogP contribution in [0.5, 0.6) is 0 Å². The number of fused-ring (bicyclic) bond motifs is 1. The molecule has 0 spiro atoms. The highest BCUT2D eigenvalue weighted by molar-refractivity contribution is 7.90. The first kappa shape index (κ1) is 20.9. The third kappa shape index (κ3) is 4.99. The molecular weight excluding hydrogens is 412 g/mol. The van der Waals surface area contributed by atoms with Gasteiger partial charge in [-0.2, -0.15) is 4.99 Å². The van der Waals surface area contributed by atoms with Gasteiger partial charge >= 0.3 is 5.97 Å². The van der Waals surface area contributed by atoms with E-state index < -0.39 is 15.8 Å². The lowest BCUT2D eigenvalue weighted by molar-refractivity contribution is -0.141. The fourth-order valence-electron chi connectivity index (χ4n) is 2.74. The van der Waals surface area contributed by atoms with Gasteiger partial charge in [0.1, 0.15) is 6.54 Å². The smallest absolute Gasteiger partial charge is 0.325 e. The van der Waals surface area contributed by atoms with E-state index in [1.807, 2.05) is 31.2 Å². The number of sulfone groups is 1. The summed E-state index contributed by atoms with van der Waals surface area (Å²) in [5, 5.41) is 0. The molecular formula is C20H20N2O5S2. The Bertz CT molecular complexity index is 1250. The highest BCUT2D eigenvalue weighted by Crippen LogP contribution is 2.22. The number of carbonyl (C=O) groups excluding carboxylic acids is 2. The minimum atomic E-state index is -3.38. The number of aromatic nitrogens is 1. The van der Waals surface area contributed by atoms with Crippen LogP contribution in [0.3, 0.4) is 0 Å². The van der Waals surface area contributed by atoms with Crippen LogP contribution in [0, 0.1) is 6.92 Å². The van der Waals surface area contributed by atoms with E-state index in [-0.39, 0.29) is 23.8 Å². The summed E-state index contributed by atoms with van der Waals surface area (Å²) >= 11 is 1.15. The van der Waals surface area contributed by atoms with Gasteiger partial charge in [-0.1, -0.05) is 41.2 Å². The zero-order chi connectivity index (χ0) is 21.2. The third-order valence-electron chi connectivity index (χ3n) is 4.29. The average Bonchev–Trinajstić information content (AvgIpc) is 2.99. The van der Waals surface area contributed by atoms with Gasteiger partial charge < -0.3 is 9.30 Å². The van der Waals surface area contributed by atoms with E-state index in [1.165, 1.54) is 19.2 Å². The third-order valence-corrected chi connectivity index (χ3v) is 6.44. The Morgan fingerprint density at radius 1 is 1.14 bits per heavy atom. The fraction of sp³-hybridized carbons (Fsp3) is 0.250. The summed E-state index contributed by atoms with van der Waals surface area (Å²) in [6.45, 7) is 1.83. The van der Waals surface area contributed by atoms with Crippen LogP contribution in [0.1, 0.15) is 11.1 Å². The van der Waals surface area contributed by atoms with Crippen LogP contribution in [0.25, 0.3) is 10.2 Å². The largest absolute Gasteiger partial charge is 0.468 e. The van der Waals surface area contributed by atoms with E-state index in [9.17, 15) is 18.0 Å². The molecule has 3 rings (SSSR count). The molecule has 0 atom stereocenters. The number of benzene rings is 2. The van der Waals surface area contributed by atoms with Crippen molar-refractivity contribution in [2.45, 2.75) is 24.8 Å². The first-order chi connectivity index (χ1) is 13.7. The fourth-order valence-corrected chi connectivity index (χ4v) is 4.55. The highest BCUT2D eigenvalue weighted by atomic mass is 32.2. The van der Waals surface area contributed by atoms with Crippen LogP contribution in [-0.4, -0.2) is 38.2 Å². The first-order valence-corrected chi connectivity index (χ1v) is 11.4. The van der Waals surface area contributed by atoms with E-state index in [0.29, 0.717) is 15.0 Å². The van der Waals surface area contributed by atoms with Gasteiger partial charge in [0.25, 0.3) is 5.91 Å². The zero-order valence-corrected chi connectivity index (χ0v) is 17.8. The summed E-state index contributed by atoms with van der Waals surface area (Å²) in [4.78, 5) is 29.0. The predicted octanol–water partition coefficient (Wildman–Crippen LogP) is 2.26. The maximum absolute atomic E-state index is 12.5. The lowest BCUT2D eigenvalue weighted by Gasteiger charge is -2.04. The number of nitrogens with zero attached hydrogens (tertiary/aromatic N) is 2. The summed E-state index contributed by atoms with van der Waals surface area (Å²) in [5.41, 5.74) is 2.54. The number of amides is 1. The molecule has 0 radical (unpaired) electrons. The lowest BCUT2D eigenvalue weighted by Crippen LogP contribution is -2.22. The molecule has 152 valence electrons. The van der Waals surface area contributed by atoms with Crippen LogP contribution in [0.4, 0.5) is 0 Å². The zero-order valence-electron chi connectivity index (χ0n) is 16.2. The van der Waals surface area contributed by atoms with Crippen molar-refractivity contribution in [3.05, 3.63) is 58.4 Å². The Kier molecular flexibility index (Phi) is 5.99. The minimum absolute atomic E-state index is 0.126. The van der Waals surface area contributed by atoms with E-state index in [0.717, 1.165) is 28.7 Å². The molecule has 29 heavy (non-hydrogen) atoms. The van der Waals surface area contributed by atoms with Gasteiger partial charge in [0, 0.05) is 6.26 Å². The Morgan fingerprint density at radius 3 is 2.45 bits per heavy atom. The summed E-state index contributed by atoms with van der Waals surface area (Å²) in [6, 6.07) is 12.2. The van der Waals surface area contributed by atoms with Crippen molar-refractivity contribution < 1.29 is 22.7 Å². The van der Waals surface area contributed by atoms with Gasteiger partial charge in [0.2, 0.25) is 0 Å². The number of hydrogen-bond donors (Lipinski definition) is 0. The van der Waals surface area contributed by atoms with E-state index in [1.54, 1.807) is 10.6 Å². The highest BCUT2D eigenvalue weighted by Gasteiger charge is 2.15. The second-order valence-electron chi connectivity index (χ2n) is 6.62. The van der Waals surface area contributed by atoms with Gasteiger partial charge in [0.15, 0.2) is 14.6 Å². The monoisotopic (exact) mass is 432 g/mol. The van der Waals surface area contributed by atoms with E-state index >= 15 is 0 Å². The van der Waals surface area contributed by atoms with Crippen LogP contribution in [0.2, 0.25) is 0 Å². The van der Waals surface area contributed by atoms with Gasteiger partial charge in [0.05, 0.1) is 28.6 Å². The maximum atomic E-state index is 12.5. The molecule has 0 saturated heterocycles. The minimum Gasteiger partial charge on any atom is -0.468 e. The van der Waals surface area contributed by atoms with Crippen molar-refractivity contribution in [2.75, 3.05) is 13.4 Å². The summed E-state index contributed by atoms with van der Waals surface area (Å²) in [5.74, 6) is -0.855. The molecule has 0 aliphatic rings. The number of thiazole rings is 1. The number of ether oxygens (including phenoxy) is 1. The van der Waals surface area contributed by atoms with Crippen LogP contribution in [0.15, 0.2) is 52.4 Å². The first-order valence-electron chi connectivity index (χ1n) is 8.71. The molecule has 7 nitrogen and oxygen atoms in total. The van der Waals surface area contributed by atoms with E-state index in [2.05, 4.69) is 4.99 Å². The number of methoxy groups -OCH3 is 1. The van der Waals surface area contributed by atoms with Crippen molar-refractivity contribution >= 4 is 43.3 Å². The van der Waals surface area contributed by atoms with Crippen molar-refractivity contribution in [1.29, 1.82) is 0 Å². The molecule has 0 saturated carbocycles. The molecule has 0 aliphatic heterocycles. The summed E-state index contributed by atoms with van der Waals surface area (Å²) in [7, 11) is -2.11. The number of hydrogen-bond acceptors (Lipinski definition) is 6. The SMILES string of the molecule is COC(=O)Cn1c(=NC(=O)Cc2ccc(C)cc2)sc2cc(S(C)(=O)=O)ccc21. The second kappa shape index (κ2) is 8.30. The second-order valence-corrected chi connectivity index (χ2v) is 9.64. The molecule has 1 aromatic heterocycles. The van der Waals surface area contributed by atoms with Crippen molar-refractivity contribution in [3.63, 3.8) is 0 Å². The molecule has 0 N–H and O–H groups in total. The Morgan fingerprint density at radius 2 is 1.83 bits per heavy atom. The summed E-state index contributed by atoms with van der Waals surface area (Å²) < 4.78 is 30.6. The quantitative estimate of drug-likeness (QED) is 0.577. The molecule has 3 aromatic rings. The van der Waals surface area contributed by atoms with Gasteiger partial charge in [-0.05, 0) is 30.7 Å². The molecule has 0 fully saturated rings. The Labute approximate surface area is 172 Å². The van der Waals surface area contributed by atoms with Crippen molar-refractivity contribution in [1.82, 2.24) is 4.57 Å². The maximum Gasteiger partial charge on any atom is 0.325 e. The number of esters is 1. The summed E-state index contributed by atoms with van der Waals surface area (Å²) in [6.07, 6.45) is 1.25. The van der Waals surface area contributed by atoms with Crippen molar-refractivity contribution in [2.24, 2.45) is 4.99 Å². The van der Waals surface area contributed by atoms with E-state index in [4.69, 9.17) is 4.74 Å². The van der Waals surface area contributed by atoms with Gasteiger partial charge in [-0.15, -0.1) is 0 Å². The Hall–Kier alpha value is -2.78. The number of rotatable bonds is 5. The molecule has 0 aliphatic carbocycles. The lowest BCUT2D eigenvalue weighted by atomic mass is 10.1. The van der Waals surface area contributed by atoms with Crippen molar-refractivity contribution in [3.8, 4) is 0 Å².